The maximum atomic E-state index is 11.3. The summed E-state index contributed by atoms with van der Waals surface area (Å²) in [5, 5.41) is 23.7. The lowest BCUT2D eigenvalue weighted by molar-refractivity contribution is 0.0541. The first-order valence-electron chi connectivity index (χ1n) is 5.39. The summed E-state index contributed by atoms with van der Waals surface area (Å²) in [6, 6.07) is 6.60. The molecule has 104 valence electrons. The molecular formula is C11H13NO5S2. The predicted octanol–water partition coefficient (Wildman–Crippen LogP) is 0.281. The van der Waals surface area contributed by atoms with Crippen LogP contribution in [0.2, 0.25) is 0 Å². The highest BCUT2D eigenvalue weighted by atomic mass is 32.2. The van der Waals surface area contributed by atoms with Crippen molar-refractivity contribution >= 4 is 31.4 Å². The van der Waals surface area contributed by atoms with Crippen LogP contribution in [0.4, 0.5) is 0 Å². The third-order valence-corrected chi connectivity index (χ3v) is 4.99. The Kier molecular flexibility index (Phi) is 4.07. The van der Waals surface area contributed by atoms with Gasteiger partial charge in [-0.15, -0.1) is 11.3 Å². The summed E-state index contributed by atoms with van der Waals surface area (Å²) in [7, 11) is -3.74. The van der Waals surface area contributed by atoms with Gasteiger partial charge in [0.2, 0.25) is 10.0 Å². The van der Waals surface area contributed by atoms with Crippen LogP contribution in [-0.4, -0.2) is 37.9 Å². The Bertz CT molecular complexity index is 679. The summed E-state index contributed by atoms with van der Waals surface area (Å²) in [5.41, 5.74) is 0. The third-order valence-electron chi connectivity index (χ3n) is 2.41. The van der Waals surface area contributed by atoms with E-state index in [9.17, 15) is 13.5 Å². The van der Waals surface area contributed by atoms with Gasteiger partial charge < -0.3 is 14.9 Å². The number of hydrogen-bond donors (Lipinski definition) is 3. The molecule has 4 N–H and O–H groups in total. The lowest BCUT2D eigenvalue weighted by Crippen LogP contribution is -2.21. The van der Waals surface area contributed by atoms with Crippen LogP contribution in [-0.2, 0) is 10.0 Å². The van der Waals surface area contributed by atoms with Gasteiger partial charge in [0.15, 0.2) is 0 Å². The number of sulfonamides is 1. The van der Waals surface area contributed by atoms with Crippen LogP contribution in [0.25, 0.3) is 10.1 Å². The maximum absolute atomic E-state index is 11.3. The zero-order chi connectivity index (χ0) is 14.0. The van der Waals surface area contributed by atoms with Gasteiger partial charge in [-0.3, -0.25) is 0 Å². The van der Waals surface area contributed by atoms with Crippen LogP contribution in [0.15, 0.2) is 28.5 Å². The van der Waals surface area contributed by atoms with E-state index in [2.05, 4.69) is 0 Å². The average Bonchev–Trinajstić information content (AvgIpc) is 2.80. The fraction of sp³-hybridized carbons (Fsp3) is 0.273. The second kappa shape index (κ2) is 5.43. The largest absolute Gasteiger partial charge is 0.489 e. The molecule has 0 fully saturated rings. The molecule has 1 heterocycles. The van der Waals surface area contributed by atoms with Crippen LogP contribution in [0, 0.1) is 0 Å². The van der Waals surface area contributed by atoms with Gasteiger partial charge in [0.05, 0.1) is 11.3 Å². The molecule has 0 saturated heterocycles. The fourth-order valence-corrected chi connectivity index (χ4v) is 3.37. The summed E-state index contributed by atoms with van der Waals surface area (Å²) in [5.74, 6) is 0.449. The first kappa shape index (κ1) is 14.2. The van der Waals surface area contributed by atoms with Crippen molar-refractivity contribution < 1.29 is 23.4 Å². The number of thiophene rings is 1. The molecule has 0 spiro atoms. The number of hydrogen-bond acceptors (Lipinski definition) is 6. The number of primary sulfonamides is 1. The molecule has 2 rings (SSSR count). The van der Waals surface area contributed by atoms with Crippen molar-refractivity contribution in [3.63, 3.8) is 0 Å². The Morgan fingerprint density at radius 1 is 1.42 bits per heavy atom. The summed E-state index contributed by atoms with van der Waals surface area (Å²) >= 11 is 1.01. The van der Waals surface area contributed by atoms with Crippen molar-refractivity contribution in [1.82, 2.24) is 0 Å². The number of rotatable bonds is 5. The predicted molar refractivity (Wildman–Crippen MR) is 71.8 cm³/mol. The fourth-order valence-electron chi connectivity index (χ4n) is 1.51. The van der Waals surface area contributed by atoms with Crippen LogP contribution in [0.1, 0.15) is 0 Å². The Balaban J connectivity index is 2.37. The molecule has 1 aromatic carbocycles. The number of aliphatic hydroxyl groups is 2. The summed E-state index contributed by atoms with van der Waals surface area (Å²) in [6.07, 6.45) is -0.979. The van der Waals surface area contributed by atoms with Crippen molar-refractivity contribution in [2.75, 3.05) is 13.2 Å². The molecule has 1 aromatic heterocycles. The van der Waals surface area contributed by atoms with E-state index in [0.717, 1.165) is 11.3 Å². The normalized spacial score (nSPS) is 13.6. The number of nitrogens with two attached hydrogens (primary N) is 1. The first-order valence-corrected chi connectivity index (χ1v) is 7.75. The van der Waals surface area contributed by atoms with E-state index >= 15 is 0 Å². The molecule has 0 aliphatic carbocycles. The van der Waals surface area contributed by atoms with Crippen molar-refractivity contribution in [1.29, 1.82) is 0 Å². The molecule has 8 heteroatoms. The Morgan fingerprint density at radius 2 is 2.16 bits per heavy atom. The van der Waals surface area contributed by atoms with E-state index in [1.54, 1.807) is 18.2 Å². The monoisotopic (exact) mass is 303 g/mol. The summed E-state index contributed by atoms with van der Waals surface area (Å²) < 4.78 is 28.7. The van der Waals surface area contributed by atoms with Crippen LogP contribution in [0.3, 0.4) is 0 Å². The molecule has 19 heavy (non-hydrogen) atoms. The smallest absolute Gasteiger partial charge is 0.247 e. The molecule has 0 radical (unpaired) electrons. The van der Waals surface area contributed by atoms with Gasteiger partial charge in [-0.1, -0.05) is 12.1 Å². The summed E-state index contributed by atoms with van der Waals surface area (Å²) in [4.78, 5) is 0. The topological polar surface area (TPSA) is 110 Å². The second-order valence-electron chi connectivity index (χ2n) is 3.93. The van der Waals surface area contributed by atoms with E-state index in [1.807, 2.05) is 0 Å². The minimum Gasteiger partial charge on any atom is -0.489 e. The zero-order valence-corrected chi connectivity index (χ0v) is 11.4. The molecule has 0 aliphatic heterocycles. The molecular weight excluding hydrogens is 290 g/mol. The van der Waals surface area contributed by atoms with E-state index in [1.165, 1.54) is 6.07 Å². The van der Waals surface area contributed by atoms with E-state index in [0.29, 0.717) is 15.8 Å². The van der Waals surface area contributed by atoms with Gasteiger partial charge in [-0.05, 0) is 17.5 Å². The third kappa shape index (κ3) is 3.23. The highest BCUT2D eigenvalue weighted by molar-refractivity contribution is 7.91. The molecule has 6 nitrogen and oxygen atoms in total. The maximum Gasteiger partial charge on any atom is 0.247 e. The van der Waals surface area contributed by atoms with Gasteiger partial charge in [0, 0.05) is 0 Å². The van der Waals surface area contributed by atoms with Crippen LogP contribution in [0.5, 0.6) is 5.75 Å². The average molecular weight is 303 g/mol. The Morgan fingerprint density at radius 3 is 2.79 bits per heavy atom. The molecule has 0 aliphatic rings. The Labute approximate surface area is 114 Å². The van der Waals surface area contributed by atoms with Crippen molar-refractivity contribution in [2.24, 2.45) is 5.14 Å². The summed E-state index contributed by atoms with van der Waals surface area (Å²) in [6.45, 7) is -0.471. The quantitative estimate of drug-likeness (QED) is 0.735. The van der Waals surface area contributed by atoms with Gasteiger partial charge in [-0.2, -0.15) is 0 Å². The van der Waals surface area contributed by atoms with Crippen LogP contribution < -0.4 is 9.88 Å². The molecule has 2 aromatic rings. The highest BCUT2D eigenvalue weighted by Crippen LogP contribution is 2.35. The van der Waals surface area contributed by atoms with Gasteiger partial charge in [-0.25, -0.2) is 13.6 Å². The van der Waals surface area contributed by atoms with Crippen LogP contribution >= 0.6 is 11.3 Å². The van der Waals surface area contributed by atoms with E-state index in [4.69, 9.17) is 15.0 Å². The molecule has 0 saturated carbocycles. The van der Waals surface area contributed by atoms with Gasteiger partial charge in [0.1, 0.15) is 22.7 Å². The molecule has 0 amide bonds. The molecule has 1 atom stereocenters. The highest BCUT2D eigenvalue weighted by Gasteiger charge is 2.15. The SMILES string of the molecule is NS(=O)(=O)c1cc2cccc(OCC(O)CO)c2s1. The van der Waals surface area contributed by atoms with Gasteiger partial charge in [0.25, 0.3) is 0 Å². The minimum absolute atomic E-state index is 0.0567. The number of ether oxygens (including phenoxy) is 1. The van der Waals surface area contributed by atoms with Gasteiger partial charge >= 0.3 is 0 Å². The number of aliphatic hydroxyl groups excluding tert-OH is 2. The zero-order valence-electron chi connectivity index (χ0n) is 9.81. The lowest BCUT2D eigenvalue weighted by atomic mass is 10.2. The number of fused-ring (bicyclic) bond motifs is 1. The van der Waals surface area contributed by atoms with E-state index < -0.39 is 22.7 Å². The Hall–Kier alpha value is -1.19. The molecule has 0 bridgehead atoms. The minimum atomic E-state index is -3.74. The lowest BCUT2D eigenvalue weighted by Gasteiger charge is -2.10. The number of benzene rings is 1. The second-order valence-corrected chi connectivity index (χ2v) is 6.77. The van der Waals surface area contributed by atoms with Crippen molar-refractivity contribution in [2.45, 2.75) is 10.3 Å². The van der Waals surface area contributed by atoms with Crippen molar-refractivity contribution in [3.05, 3.63) is 24.3 Å². The van der Waals surface area contributed by atoms with Crippen molar-refractivity contribution in [3.8, 4) is 5.75 Å². The van der Waals surface area contributed by atoms with E-state index in [-0.39, 0.29) is 10.8 Å². The standard InChI is InChI=1S/C11H13NO5S2/c12-19(15,16)10-4-7-2-1-3-9(11(7)18-10)17-6-8(14)5-13/h1-4,8,13-14H,5-6H2,(H2,12,15,16). The first-order chi connectivity index (χ1) is 8.91. The molecule has 1 unspecified atom stereocenters.